The van der Waals surface area contributed by atoms with Crippen LogP contribution in [0.3, 0.4) is 0 Å². The highest BCUT2D eigenvalue weighted by Gasteiger charge is 2.33. The minimum atomic E-state index is 0.680. The van der Waals surface area contributed by atoms with E-state index >= 15 is 0 Å². The van der Waals surface area contributed by atoms with E-state index in [4.69, 9.17) is 0 Å². The van der Waals surface area contributed by atoms with E-state index in [0.717, 1.165) is 12.0 Å². The van der Waals surface area contributed by atoms with Gasteiger partial charge in [0.1, 0.15) is 0 Å². The SMILES string of the molecule is CC1CC(N2C[C@@H](C)N[C@@H](C)C2)C1. The lowest BCUT2D eigenvalue weighted by atomic mass is 9.80. The fourth-order valence-corrected chi connectivity index (χ4v) is 2.83. The Morgan fingerprint density at radius 2 is 1.54 bits per heavy atom. The summed E-state index contributed by atoms with van der Waals surface area (Å²) < 4.78 is 0. The molecule has 0 amide bonds. The summed E-state index contributed by atoms with van der Waals surface area (Å²) in [6.07, 6.45) is 2.86. The van der Waals surface area contributed by atoms with Crippen molar-refractivity contribution >= 4 is 0 Å². The van der Waals surface area contributed by atoms with Crippen molar-refractivity contribution in [2.45, 2.75) is 51.7 Å². The average Bonchev–Trinajstić information content (AvgIpc) is 1.96. The van der Waals surface area contributed by atoms with Crippen molar-refractivity contribution in [1.82, 2.24) is 10.2 Å². The Morgan fingerprint density at radius 1 is 1.00 bits per heavy atom. The standard InChI is InChI=1S/C11H22N2/c1-8-4-11(5-8)13-6-9(2)12-10(3)7-13/h8-12H,4-7H2,1-3H3/t8?,9-,10+,11?. The molecule has 2 atom stereocenters. The molecule has 2 rings (SSSR count). The van der Waals surface area contributed by atoms with E-state index in [1.54, 1.807) is 0 Å². The molecule has 1 aliphatic heterocycles. The monoisotopic (exact) mass is 182 g/mol. The molecule has 76 valence electrons. The van der Waals surface area contributed by atoms with E-state index in [-0.39, 0.29) is 0 Å². The van der Waals surface area contributed by atoms with Gasteiger partial charge in [-0.05, 0) is 32.6 Å². The highest BCUT2D eigenvalue weighted by Crippen LogP contribution is 2.31. The third kappa shape index (κ3) is 2.05. The summed E-state index contributed by atoms with van der Waals surface area (Å²) in [5.74, 6) is 0.977. The Morgan fingerprint density at radius 3 is 2.00 bits per heavy atom. The number of nitrogens with one attached hydrogen (secondary N) is 1. The molecule has 1 heterocycles. The molecular formula is C11H22N2. The van der Waals surface area contributed by atoms with E-state index in [9.17, 15) is 0 Å². The van der Waals surface area contributed by atoms with Crippen molar-refractivity contribution in [1.29, 1.82) is 0 Å². The molecule has 0 bridgehead atoms. The minimum absolute atomic E-state index is 0.680. The van der Waals surface area contributed by atoms with Crippen LogP contribution in [0.1, 0.15) is 33.6 Å². The van der Waals surface area contributed by atoms with Crippen molar-refractivity contribution < 1.29 is 0 Å². The zero-order chi connectivity index (χ0) is 9.42. The first-order chi connectivity index (χ1) is 6.15. The van der Waals surface area contributed by atoms with Crippen LogP contribution >= 0.6 is 0 Å². The molecule has 2 nitrogen and oxygen atoms in total. The first kappa shape index (κ1) is 9.47. The van der Waals surface area contributed by atoms with Gasteiger partial charge >= 0.3 is 0 Å². The maximum atomic E-state index is 3.58. The molecular weight excluding hydrogens is 160 g/mol. The van der Waals surface area contributed by atoms with Crippen LogP contribution in [0.5, 0.6) is 0 Å². The molecule has 1 N–H and O–H groups in total. The van der Waals surface area contributed by atoms with Crippen LogP contribution in [-0.2, 0) is 0 Å². The molecule has 0 unspecified atom stereocenters. The fourth-order valence-electron chi connectivity index (χ4n) is 2.83. The Bertz CT molecular complexity index is 165. The predicted octanol–water partition coefficient (Wildman–Crippen LogP) is 1.47. The van der Waals surface area contributed by atoms with Gasteiger partial charge in [-0.3, -0.25) is 4.90 Å². The summed E-state index contributed by atoms with van der Waals surface area (Å²) in [5.41, 5.74) is 0. The molecule has 1 saturated heterocycles. The summed E-state index contributed by atoms with van der Waals surface area (Å²) in [7, 11) is 0. The highest BCUT2D eigenvalue weighted by molar-refractivity contribution is 4.90. The number of piperazine rings is 1. The Kier molecular flexibility index (Phi) is 2.61. The number of hydrogen-bond acceptors (Lipinski definition) is 2. The zero-order valence-corrected chi connectivity index (χ0v) is 9.09. The molecule has 0 aromatic carbocycles. The molecule has 0 radical (unpaired) electrons. The van der Waals surface area contributed by atoms with Gasteiger partial charge in [-0.15, -0.1) is 0 Å². The quantitative estimate of drug-likeness (QED) is 0.660. The van der Waals surface area contributed by atoms with Crippen LogP contribution in [0.15, 0.2) is 0 Å². The van der Waals surface area contributed by atoms with Crippen LogP contribution in [-0.4, -0.2) is 36.1 Å². The summed E-state index contributed by atoms with van der Waals surface area (Å²) in [6.45, 7) is 9.46. The van der Waals surface area contributed by atoms with Gasteiger partial charge in [0, 0.05) is 31.2 Å². The molecule has 1 aliphatic carbocycles. The zero-order valence-electron chi connectivity index (χ0n) is 9.09. The molecule has 13 heavy (non-hydrogen) atoms. The van der Waals surface area contributed by atoms with Crippen LogP contribution in [0, 0.1) is 5.92 Å². The van der Waals surface area contributed by atoms with Crippen LogP contribution in [0.25, 0.3) is 0 Å². The Labute approximate surface area is 81.7 Å². The van der Waals surface area contributed by atoms with Gasteiger partial charge < -0.3 is 5.32 Å². The molecule has 0 aromatic rings. The number of hydrogen-bond donors (Lipinski definition) is 1. The van der Waals surface area contributed by atoms with Gasteiger partial charge in [0.25, 0.3) is 0 Å². The molecule has 0 spiro atoms. The van der Waals surface area contributed by atoms with Crippen LogP contribution in [0.2, 0.25) is 0 Å². The lowest BCUT2D eigenvalue weighted by molar-refractivity contribution is 0.0487. The summed E-state index contributed by atoms with van der Waals surface area (Å²) in [6, 6.07) is 2.27. The summed E-state index contributed by atoms with van der Waals surface area (Å²) >= 11 is 0. The lowest BCUT2D eigenvalue weighted by Gasteiger charge is -2.46. The van der Waals surface area contributed by atoms with Gasteiger partial charge in [-0.1, -0.05) is 6.92 Å². The van der Waals surface area contributed by atoms with Crippen LogP contribution in [0.4, 0.5) is 0 Å². The van der Waals surface area contributed by atoms with Crippen molar-refractivity contribution in [3.05, 3.63) is 0 Å². The predicted molar refractivity (Wildman–Crippen MR) is 55.8 cm³/mol. The van der Waals surface area contributed by atoms with Gasteiger partial charge in [0.15, 0.2) is 0 Å². The lowest BCUT2D eigenvalue weighted by Crippen LogP contribution is -2.59. The third-order valence-corrected chi connectivity index (χ3v) is 3.45. The molecule has 2 aliphatic rings. The topological polar surface area (TPSA) is 15.3 Å². The molecule has 1 saturated carbocycles. The number of rotatable bonds is 1. The Hall–Kier alpha value is -0.0800. The van der Waals surface area contributed by atoms with E-state index in [2.05, 4.69) is 31.0 Å². The second-order valence-electron chi connectivity index (χ2n) is 5.15. The van der Waals surface area contributed by atoms with Gasteiger partial charge in [0.2, 0.25) is 0 Å². The van der Waals surface area contributed by atoms with Crippen molar-refractivity contribution in [3.8, 4) is 0 Å². The van der Waals surface area contributed by atoms with Gasteiger partial charge in [0.05, 0.1) is 0 Å². The molecule has 2 heteroatoms. The minimum Gasteiger partial charge on any atom is -0.309 e. The van der Waals surface area contributed by atoms with E-state index in [1.807, 2.05) is 0 Å². The van der Waals surface area contributed by atoms with Gasteiger partial charge in [-0.25, -0.2) is 0 Å². The summed E-state index contributed by atoms with van der Waals surface area (Å²) in [5, 5.41) is 3.58. The average molecular weight is 182 g/mol. The number of nitrogens with zero attached hydrogens (tertiary/aromatic N) is 1. The van der Waals surface area contributed by atoms with E-state index in [0.29, 0.717) is 12.1 Å². The van der Waals surface area contributed by atoms with Gasteiger partial charge in [-0.2, -0.15) is 0 Å². The maximum absolute atomic E-state index is 3.58. The third-order valence-electron chi connectivity index (χ3n) is 3.45. The molecule has 0 aromatic heterocycles. The van der Waals surface area contributed by atoms with E-state index in [1.165, 1.54) is 25.9 Å². The first-order valence-electron chi connectivity index (χ1n) is 5.65. The van der Waals surface area contributed by atoms with Crippen LogP contribution < -0.4 is 5.32 Å². The van der Waals surface area contributed by atoms with Crippen molar-refractivity contribution in [3.63, 3.8) is 0 Å². The maximum Gasteiger partial charge on any atom is 0.0169 e. The second kappa shape index (κ2) is 3.58. The Balaban J connectivity index is 1.85. The largest absolute Gasteiger partial charge is 0.309 e. The highest BCUT2D eigenvalue weighted by atomic mass is 15.2. The smallest absolute Gasteiger partial charge is 0.0169 e. The fraction of sp³-hybridized carbons (Fsp3) is 1.00. The normalized spacial score (nSPS) is 47.3. The van der Waals surface area contributed by atoms with Crippen molar-refractivity contribution in [2.75, 3.05) is 13.1 Å². The van der Waals surface area contributed by atoms with E-state index < -0.39 is 0 Å². The second-order valence-corrected chi connectivity index (χ2v) is 5.15. The summed E-state index contributed by atoms with van der Waals surface area (Å²) in [4.78, 5) is 2.69. The van der Waals surface area contributed by atoms with Crippen molar-refractivity contribution in [2.24, 2.45) is 5.92 Å². The molecule has 2 fully saturated rings. The first-order valence-corrected chi connectivity index (χ1v) is 5.65.